The average Bonchev–Trinajstić information content (AvgIpc) is 2.65. The van der Waals surface area contributed by atoms with Crippen molar-refractivity contribution in [3.05, 3.63) is 29.8 Å². The van der Waals surface area contributed by atoms with Gasteiger partial charge in [-0.15, -0.1) is 0 Å². The Labute approximate surface area is 97.2 Å². The Kier molecular flexibility index (Phi) is 2.40. The van der Waals surface area contributed by atoms with Gasteiger partial charge in [-0.05, 0) is 24.5 Å². The van der Waals surface area contributed by atoms with E-state index in [1.165, 1.54) is 43.4 Å². The lowest BCUT2D eigenvalue weighted by Crippen LogP contribution is -2.45. The van der Waals surface area contributed by atoms with Gasteiger partial charge in [-0.25, -0.2) is 0 Å². The maximum atomic E-state index is 5.96. The molecule has 16 heavy (non-hydrogen) atoms. The third kappa shape index (κ3) is 1.29. The number of nitrogens with one attached hydrogen (secondary N) is 1. The fraction of sp³-hybridized carbons (Fsp3) is 0.571. The van der Waals surface area contributed by atoms with E-state index in [1.807, 2.05) is 0 Å². The molecule has 1 unspecified atom stereocenters. The monoisotopic (exact) mass is 216 g/mol. The van der Waals surface area contributed by atoms with Crippen molar-refractivity contribution in [2.24, 2.45) is 5.73 Å². The topological polar surface area (TPSA) is 38.0 Å². The van der Waals surface area contributed by atoms with Gasteiger partial charge < -0.3 is 11.1 Å². The van der Waals surface area contributed by atoms with Gasteiger partial charge in [-0.3, -0.25) is 0 Å². The van der Waals surface area contributed by atoms with E-state index >= 15 is 0 Å². The number of benzene rings is 1. The standard InChI is InChI=1S/C14H20N2/c15-10-13-14(8-4-1-5-9-14)11-6-2-3-7-12(11)16-13/h2-3,6-7,13,16H,1,4-5,8-10,15H2. The van der Waals surface area contributed by atoms with Gasteiger partial charge in [-0.1, -0.05) is 37.5 Å². The Balaban J connectivity index is 2.06. The molecule has 0 aromatic heterocycles. The van der Waals surface area contributed by atoms with Crippen LogP contribution < -0.4 is 11.1 Å². The zero-order chi connectivity index (χ0) is 11.0. The summed E-state index contributed by atoms with van der Waals surface area (Å²) in [6, 6.07) is 9.21. The van der Waals surface area contributed by atoms with Gasteiger partial charge in [0.05, 0.1) is 0 Å². The van der Waals surface area contributed by atoms with Crippen LogP contribution in [0, 0.1) is 0 Å². The van der Waals surface area contributed by atoms with Crippen molar-refractivity contribution in [1.82, 2.24) is 0 Å². The molecule has 1 aliphatic carbocycles. The number of nitrogens with two attached hydrogens (primary N) is 1. The first-order chi connectivity index (χ1) is 7.87. The lowest BCUT2D eigenvalue weighted by atomic mass is 9.66. The summed E-state index contributed by atoms with van der Waals surface area (Å²) in [7, 11) is 0. The number of hydrogen-bond donors (Lipinski definition) is 2. The summed E-state index contributed by atoms with van der Waals surface area (Å²) in [6.45, 7) is 0.745. The predicted molar refractivity (Wildman–Crippen MR) is 67.7 cm³/mol. The molecule has 1 saturated carbocycles. The highest BCUT2D eigenvalue weighted by Gasteiger charge is 2.46. The molecule has 1 atom stereocenters. The van der Waals surface area contributed by atoms with Gasteiger partial charge in [-0.2, -0.15) is 0 Å². The van der Waals surface area contributed by atoms with Crippen LogP contribution in [0.3, 0.4) is 0 Å². The number of hydrogen-bond acceptors (Lipinski definition) is 2. The van der Waals surface area contributed by atoms with Crippen LogP contribution in [0.25, 0.3) is 0 Å². The van der Waals surface area contributed by atoms with Gasteiger partial charge in [0.2, 0.25) is 0 Å². The average molecular weight is 216 g/mol. The predicted octanol–water partition coefficient (Wildman–Crippen LogP) is 2.64. The van der Waals surface area contributed by atoms with Gasteiger partial charge in [0.25, 0.3) is 0 Å². The van der Waals surface area contributed by atoms with Crippen LogP contribution in [-0.4, -0.2) is 12.6 Å². The zero-order valence-electron chi connectivity index (χ0n) is 9.71. The Bertz CT molecular complexity index is 380. The quantitative estimate of drug-likeness (QED) is 0.757. The first kappa shape index (κ1) is 10.2. The minimum atomic E-state index is 0.337. The normalized spacial score (nSPS) is 26.4. The molecule has 1 heterocycles. The van der Waals surface area contributed by atoms with Crippen LogP contribution in [0.1, 0.15) is 37.7 Å². The third-order valence-corrected chi connectivity index (χ3v) is 4.44. The van der Waals surface area contributed by atoms with Gasteiger partial charge in [0.1, 0.15) is 0 Å². The van der Waals surface area contributed by atoms with Gasteiger partial charge in [0.15, 0.2) is 0 Å². The van der Waals surface area contributed by atoms with Crippen molar-refractivity contribution in [2.45, 2.75) is 43.6 Å². The van der Waals surface area contributed by atoms with E-state index in [0.717, 1.165) is 6.54 Å². The fourth-order valence-corrected chi connectivity index (χ4v) is 3.64. The number of rotatable bonds is 1. The highest BCUT2D eigenvalue weighted by Crippen LogP contribution is 2.49. The minimum absolute atomic E-state index is 0.337. The third-order valence-electron chi connectivity index (χ3n) is 4.44. The second-order valence-electron chi connectivity index (χ2n) is 5.20. The van der Waals surface area contributed by atoms with Crippen LogP contribution >= 0.6 is 0 Å². The summed E-state index contributed by atoms with van der Waals surface area (Å²) < 4.78 is 0. The Morgan fingerprint density at radius 3 is 2.69 bits per heavy atom. The minimum Gasteiger partial charge on any atom is -0.380 e. The molecule has 3 N–H and O–H groups in total. The molecule has 0 radical (unpaired) electrons. The number of anilines is 1. The molecule has 1 fully saturated rings. The maximum absolute atomic E-state index is 5.96. The maximum Gasteiger partial charge on any atom is 0.0481 e. The lowest BCUT2D eigenvalue weighted by molar-refractivity contribution is 0.270. The van der Waals surface area contributed by atoms with Crippen LogP contribution in [0.5, 0.6) is 0 Å². The second-order valence-corrected chi connectivity index (χ2v) is 5.20. The largest absolute Gasteiger partial charge is 0.380 e. The molecular weight excluding hydrogens is 196 g/mol. The van der Waals surface area contributed by atoms with Crippen LogP contribution in [0.15, 0.2) is 24.3 Å². The van der Waals surface area contributed by atoms with Crippen molar-refractivity contribution in [2.75, 3.05) is 11.9 Å². The summed E-state index contributed by atoms with van der Waals surface area (Å²) in [5.74, 6) is 0. The molecule has 1 aromatic carbocycles. The summed E-state index contributed by atoms with van der Waals surface area (Å²) in [6.07, 6.45) is 6.71. The van der Waals surface area contributed by atoms with E-state index in [4.69, 9.17) is 5.73 Å². The van der Waals surface area contributed by atoms with Crippen LogP contribution in [0.2, 0.25) is 0 Å². The molecule has 2 heteroatoms. The van der Waals surface area contributed by atoms with Crippen LogP contribution in [-0.2, 0) is 5.41 Å². The first-order valence-corrected chi connectivity index (χ1v) is 6.43. The van der Waals surface area contributed by atoms with Crippen molar-refractivity contribution < 1.29 is 0 Å². The number of para-hydroxylation sites is 1. The lowest BCUT2D eigenvalue weighted by Gasteiger charge is -2.38. The molecule has 0 amide bonds. The molecule has 1 spiro atoms. The van der Waals surface area contributed by atoms with Crippen LogP contribution in [0.4, 0.5) is 5.69 Å². The smallest absolute Gasteiger partial charge is 0.0481 e. The summed E-state index contributed by atoms with van der Waals surface area (Å²) in [5.41, 5.74) is 9.13. The molecular formula is C14H20N2. The Hall–Kier alpha value is -1.02. The fourth-order valence-electron chi connectivity index (χ4n) is 3.64. The van der Waals surface area contributed by atoms with Gasteiger partial charge in [0, 0.05) is 23.7 Å². The molecule has 1 aromatic rings. The highest BCUT2D eigenvalue weighted by atomic mass is 15.0. The Morgan fingerprint density at radius 2 is 1.94 bits per heavy atom. The van der Waals surface area contributed by atoms with E-state index < -0.39 is 0 Å². The zero-order valence-corrected chi connectivity index (χ0v) is 9.71. The van der Waals surface area contributed by atoms with E-state index in [9.17, 15) is 0 Å². The summed E-state index contributed by atoms with van der Waals surface area (Å²) >= 11 is 0. The summed E-state index contributed by atoms with van der Waals surface area (Å²) in [4.78, 5) is 0. The first-order valence-electron chi connectivity index (χ1n) is 6.43. The second kappa shape index (κ2) is 3.77. The van der Waals surface area contributed by atoms with Crippen molar-refractivity contribution in [1.29, 1.82) is 0 Å². The Morgan fingerprint density at radius 1 is 1.19 bits per heavy atom. The van der Waals surface area contributed by atoms with Crippen molar-refractivity contribution in [3.8, 4) is 0 Å². The number of fused-ring (bicyclic) bond motifs is 2. The molecule has 1 aliphatic heterocycles. The van der Waals surface area contributed by atoms with Gasteiger partial charge >= 0.3 is 0 Å². The van der Waals surface area contributed by atoms with E-state index in [0.29, 0.717) is 11.5 Å². The SMILES string of the molecule is NCC1Nc2ccccc2C12CCCCC2. The van der Waals surface area contributed by atoms with E-state index in [2.05, 4.69) is 29.6 Å². The molecule has 86 valence electrons. The molecule has 3 rings (SSSR count). The molecule has 2 nitrogen and oxygen atoms in total. The summed E-state index contributed by atoms with van der Waals surface area (Å²) in [5, 5.41) is 3.62. The molecule has 0 saturated heterocycles. The van der Waals surface area contributed by atoms with Crippen molar-refractivity contribution >= 4 is 5.69 Å². The van der Waals surface area contributed by atoms with E-state index in [-0.39, 0.29) is 0 Å². The highest BCUT2D eigenvalue weighted by molar-refractivity contribution is 5.62. The van der Waals surface area contributed by atoms with Crippen molar-refractivity contribution in [3.63, 3.8) is 0 Å². The molecule has 0 bridgehead atoms. The molecule has 2 aliphatic rings. The van der Waals surface area contributed by atoms with E-state index in [1.54, 1.807) is 0 Å².